The van der Waals surface area contributed by atoms with Crippen molar-refractivity contribution in [1.29, 1.82) is 0 Å². The maximum absolute atomic E-state index is 12.0. The van der Waals surface area contributed by atoms with Crippen LogP contribution < -0.4 is 5.48 Å². The van der Waals surface area contributed by atoms with Crippen molar-refractivity contribution in [3.63, 3.8) is 0 Å². The second-order valence-electron chi connectivity index (χ2n) is 7.06. The van der Waals surface area contributed by atoms with Crippen molar-refractivity contribution in [3.05, 3.63) is 35.9 Å². The van der Waals surface area contributed by atoms with Crippen LogP contribution in [-0.4, -0.2) is 46.3 Å². The summed E-state index contributed by atoms with van der Waals surface area (Å²) in [5, 5.41) is 9.11. The summed E-state index contributed by atoms with van der Waals surface area (Å²) in [6.07, 6.45) is -0.588. The Hall–Kier alpha value is -2.12. The number of ether oxygens (including phenoxy) is 1. The van der Waals surface area contributed by atoms with Crippen molar-refractivity contribution in [2.75, 3.05) is 13.1 Å². The second-order valence-corrected chi connectivity index (χ2v) is 7.06. The van der Waals surface area contributed by atoms with Crippen LogP contribution in [0.4, 0.5) is 4.79 Å². The number of aliphatic carboxylic acids is 1. The Balaban J connectivity index is 1.88. The van der Waals surface area contributed by atoms with Gasteiger partial charge in [-0.1, -0.05) is 30.3 Å². The maximum Gasteiger partial charge on any atom is 0.410 e. The summed E-state index contributed by atoms with van der Waals surface area (Å²) in [4.78, 5) is 30.0. The molecule has 1 aromatic rings. The minimum absolute atomic E-state index is 0.138. The third-order valence-electron chi connectivity index (χ3n) is 3.50. The monoisotopic (exact) mass is 336 g/mol. The van der Waals surface area contributed by atoms with E-state index in [1.165, 1.54) is 4.90 Å². The molecule has 1 heterocycles. The number of rotatable bonds is 6. The van der Waals surface area contributed by atoms with Crippen LogP contribution in [0.15, 0.2) is 30.3 Å². The van der Waals surface area contributed by atoms with Gasteiger partial charge in [0.15, 0.2) is 0 Å². The summed E-state index contributed by atoms with van der Waals surface area (Å²) in [5.41, 5.74) is 2.42. The summed E-state index contributed by atoms with van der Waals surface area (Å²) >= 11 is 0. The van der Waals surface area contributed by atoms with Gasteiger partial charge in [-0.3, -0.25) is 9.63 Å². The molecule has 0 atom stereocenters. The summed E-state index contributed by atoms with van der Waals surface area (Å²) in [6.45, 7) is 6.13. The number of hydrogen-bond donors (Lipinski definition) is 2. The van der Waals surface area contributed by atoms with Gasteiger partial charge in [0.2, 0.25) is 0 Å². The normalized spacial score (nSPS) is 16.4. The van der Waals surface area contributed by atoms with Crippen molar-refractivity contribution in [2.24, 2.45) is 0 Å². The van der Waals surface area contributed by atoms with Crippen LogP contribution in [0.3, 0.4) is 0 Å². The molecule has 1 saturated heterocycles. The number of hydroxylamine groups is 1. The molecule has 1 aliphatic heterocycles. The Kier molecular flexibility index (Phi) is 5.46. The van der Waals surface area contributed by atoms with Crippen molar-refractivity contribution in [2.45, 2.75) is 44.9 Å². The lowest BCUT2D eigenvalue weighted by atomic mass is 9.87. The second kappa shape index (κ2) is 7.19. The Morgan fingerprint density at radius 2 is 1.88 bits per heavy atom. The number of likely N-dealkylation sites (tertiary alicyclic amines) is 1. The van der Waals surface area contributed by atoms with E-state index < -0.39 is 23.2 Å². The predicted octanol–water partition coefficient (Wildman–Crippen LogP) is 2.17. The molecule has 2 N–H and O–H groups in total. The number of carbonyl (C=O) groups is 2. The molecule has 0 aliphatic carbocycles. The Bertz CT molecular complexity index is 576. The number of nitrogens with zero attached hydrogens (tertiary/aromatic N) is 1. The van der Waals surface area contributed by atoms with E-state index in [9.17, 15) is 9.59 Å². The molecule has 0 bridgehead atoms. The molecule has 24 heavy (non-hydrogen) atoms. The van der Waals surface area contributed by atoms with Gasteiger partial charge in [-0.15, -0.1) is 0 Å². The summed E-state index contributed by atoms with van der Waals surface area (Å²) in [7, 11) is 0. The van der Waals surface area contributed by atoms with Gasteiger partial charge in [0.25, 0.3) is 0 Å². The van der Waals surface area contributed by atoms with E-state index in [4.69, 9.17) is 14.7 Å². The largest absolute Gasteiger partial charge is 0.481 e. The number of benzene rings is 1. The fourth-order valence-electron chi connectivity index (χ4n) is 2.49. The molecule has 0 spiro atoms. The first-order valence-corrected chi connectivity index (χ1v) is 7.82. The first kappa shape index (κ1) is 18.2. The van der Waals surface area contributed by atoms with Crippen molar-refractivity contribution in [3.8, 4) is 0 Å². The molecular weight excluding hydrogens is 312 g/mol. The van der Waals surface area contributed by atoms with E-state index >= 15 is 0 Å². The fraction of sp³-hybridized carbons (Fsp3) is 0.529. The van der Waals surface area contributed by atoms with Gasteiger partial charge in [0.1, 0.15) is 5.60 Å². The van der Waals surface area contributed by atoms with Gasteiger partial charge in [-0.25, -0.2) is 4.79 Å². The fourth-order valence-corrected chi connectivity index (χ4v) is 2.49. The van der Waals surface area contributed by atoms with E-state index in [-0.39, 0.29) is 19.5 Å². The van der Waals surface area contributed by atoms with Crippen LogP contribution in [0, 0.1) is 0 Å². The molecule has 0 unspecified atom stereocenters. The molecule has 1 aliphatic rings. The van der Waals surface area contributed by atoms with E-state index in [0.717, 1.165) is 5.56 Å². The number of carbonyl (C=O) groups excluding carboxylic acids is 1. The van der Waals surface area contributed by atoms with Gasteiger partial charge in [0, 0.05) is 13.1 Å². The number of amides is 1. The molecule has 132 valence electrons. The molecule has 7 nitrogen and oxygen atoms in total. The predicted molar refractivity (Wildman–Crippen MR) is 87.2 cm³/mol. The summed E-state index contributed by atoms with van der Waals surface area (Å²) < 4.78 is 5.28. The molecule has 2 rings (SSSR count). The molecule has 1 fully saturated rings. The lowest BCUT2D eigenvalue weighted by Gasteiger charge is -2.48. The topological polar surface area (TPSA) is 88.1 Å². The third kappa shape index (κ3) is 5.21. The van der Waals surface area contributed by atoms with E-state index in [2.05, 4.69) is 5.48 Å². The summed E-state index contributed by atoms with van der Waals surface area (Å²) in [5.74, 6) is -0.949. The molecule has 1 amide bonds. The van der Waals surface area contributed by atoms with Crippen LogP contribution in [0.2, 0.25) is 0 Å². The molecular formula is C17H24N2O5. The SMILES string of the molecule is CC(C)(C)OC(=O)N1CC(CC(=O)O)(NOCc2ccccc2)C1. The van der Waals surface area contributed by atoms with Gasteiger partial charge in [0.05, 0.1) is 18.6 Å². The average molecular weight is 336 g/mol. The van der Waals surface area contributed by atoms with Gasteiger partial charge >= 0.3 is 12.1 Å². The average Bonchev–Trinajstić information content (AvgIpc) is 2.42. The van der Waals surface area contributed by atoms with Crippen molar-refractivity contribution < 1.29 is 24.3 Å². The third-order valence-corrected chi connectivity index (χ3v) is 3.50. The standard InChI is InChI=1S/C17H24N2O5/c1-16(2,3)24-15(22)19-11-17(12-19,9-14(20)21)18-23-10-13-7-5-4-6-8-13/h4-8,18H,9-12H2,1-3H3,(H,20,21). The lowest BCUT2D eigenvalue weighted by Crippen LogP contribution is -2.71. The Labute approximate surface area is 141 Å². The smallest absolute Gasteiger partial charge is 0.410 e. The molecule has 0 saturated carbocycles. The zero-order chi connectivity index (χ0) is 17.8. The summed E-state index contributed by atoms with van der Waals surface area (Å²) in [6, 6.07) is 9.55. The van der Waals surface area contributed by atoms with Gasteiger partial charge < -0.3 is 14.7 Å². The number of carboxylic acid groups (broad SMARTS) is 1. The first-order valence-electron chi connectivity index (χ1n) is 7.82. The maximum atomic E-state index is 12.0. The highest BCUT2D eigenvalue weighted by Gasteiger charge is 2.48. The minimum atomic E-state index is -0.949. The van der Waals surface area contributed by atoms with E-state index in [1.54, 1.807) is 20.8 Å². The quantitative estimate of drug-likeness (QED) is 0.774. The van der Waals surface area contributed by atoms with Gasteiger partial charge in [-0.2, -0.15) is 5.48 Å². The molecule has 1 aromatic carbocycles. The van der Waals surface area contributed by atoms with Crippen LogP contribution in [0.1, 0.15) is 32.8 Å². The zero-order valence-electron chi connectivity index (χ0n) is 14.2. The van der Waals surface area contributed by atoms with E-state index in [0.29, 0.717) is 6.61 Å². The highest BCUT2D eigenvalue weighted by atomic mass is 16.6. The van der Waals surface area contributed by atoms with Crippen molar-refractivity contribution in [1.82, 2.24) is 10.4 Å². The highest BCUT2D eigenvalue weighted by molar-refractivity contribution is 5.72. The Morgan fingerprint density at radius 1 is 1.25 bits per heavy atom. The highest BCUT2D eigenvalue weighted by Crippen LogP contribution is 2.27. The Morgan fingerprint density at radius 3 is 2.42 bits per heavy atom. The van der Waals surface area contributed by atoms with Crippen LogP contribution in [0.25, 0.3) is 0 Å². The molecule has 0 radical (unpaired) electrons. The number of hydrogen-bond acceptors (Lipinski definition) is 5. The first-order chi connectivity index (χ1) is 11.2. The van der Waals surface area contributed by atoms with Crippen LogP contribution >= 0.6 is 0 Å². The molecule has 0 aromatic heterocycles. The van der Waals surface area contributed by atoms with Crippen LogP contribution in [-0.2, 0) is 21.0 Å². The molecule has 7 heteroatoms. The number of carboxylic acids is 1. The lowest BCUT2D eigenvalue weighted by molar-refractivity contribution is -0.148. The van der Waals surface area contributed by atoms with E-state index in [1.807, 2.05) is 30.3 Å². The minimum Gasteiger partial charge on any atom is -0.481 e. The zero-order valence-corrected chi connectivity index (χ0v) is 14.2. The number of nitrogens with one attached hydrogen (secondary N) is 1. The van der Waals surface area contributed by atoms with Gasteiger partial charge in [-0.05, 0) is 26.3 Å². The van der Waals surface area contributed by atoms with Crippen LogP contribution in [0.5, 0.6) is 0 Å². The van der Waals surface area contributed by atoms with Crippen molar-refractivity contribution >= 4 is 12.1 Å².